The summed E-state index contributed by atoms with van der Waals surface area (Å²) in [5.74, 6) is 0. The van der Waals surface area contributed by atoms with Gasteiger partial charge in [0.05, 0.1) is 52.9 Å². The predicted molar refractivity (Wildman–Crippen MR) is 173 cm³/mol. The Morgan fingerprint density at radius 3 is 1.58 bits per heavy atom. The van der Waals surface area contributed by atoms with Crippen molar-refractivity contribution in [3.63, 3.8) is 0 Å². The fourth-order valence-electron chi connectivity index (χ4n) is 5.32. The molecule has 43 heavy (non-hydrogen) atoms. The van der Waals surface area contributed by atoms with Crippen molar-refractivity contribution in [1.82, 2.24) is 0 Å². The molecule has 9 heteroatoms. The van der Waals surface area contributed by atoms with Gasteiger partial charge in [-0.25, -0.2) is 0 Å². The molecule has 0 fully saturated rings. The van der Waals surface area contributed by atoms with Crippen molar-refractivity contribution in [3.8, 4) is 0 Å². The van der Waals surface area contributed by atoms with Crippen molar-refractivity contribution in [2.75, 3.05) is 59.5 Å². The van der Waals surface area contributed by atoms with E-state index in [1.54, 1.807) is 24.3 Å². The van der Waals surface area contributed by atoms with E-state index in [4.69, 9.17) is 23.7 Å². The standard InChI is InChI=1S/C34H58O8S/c1-2-3-4-5-6-7-8-9-10-11-12-13-14-17-23-38-24-25-39-26-27-40-28-29-41-30-31-42-34(43(35,36)37)22-18-20-32-19-15-16-21-33(32)34/h15-16,18-21H,2-14,17,22-31H2,1H3,(H,35,36,37). The maximum Gasteiger partial charge on any atom is 0.300 e. The first-order valence-corrected chi connectivity index (χ1v) is 18.1. The van der Waals surface area contributed by atoms with Gasteiger partial charge in [0.15, 0.2) is 0 Å². The van der Waals surface area contributed by atoms with Crippen LogP contribution in [0.5, 0.6) is 0 Å². The molecule has 1 aromatic rings. The molecule has 8 nitrogen and oxygen atoms in total. The molecule has 0 saturated heterocycles. The molecule has 2 rings (SSSR count). The number of ether oxygens (including phenoxy) is 5. The Balaban J connectivity index is 1.32. The molecule has 0 bridgehead atoms. The number of hydrogen-bond acceptors (Lipinski definition) is 7. The van der Waals surface area contributed by atoms with Crippen LogP contribution in [0.15, 0.2) is 30.3 Å². The van der Waals surface area contributed by atoms with Gasteiger partial charge in [0, 0.05) is 18.6 Å². The van der Waals surface area contributed by atoms with E-state index in [9.17, 15) is 13.0 Å². The zero-order valence-electron chi connectivity index (χ0n) is 26.6. The second-order valence-corrected chi connectivity index (χ2v) is 12.9. The highest BCUT2D eigenvalue weighted by molar-refractivity contribution is 7.86. The maximum atomic E-state index is 12.3. The van der Waals surface area contributed by atoms with Crippen LogP contribution in [0.25, 0.3) is 6.08 Å². The van der Waals surface area contributed by atoms with E-state index in [1.807, 2.05) is 12.1 Å². The number of benzene rings is 1. The van der Waals surface area contributed by atoms with Gasteiger partial charge in [-0.2, -0.15) is 8.42 Å². The monoisotopic (exact) mass is 626 g/mol. The first-order chi connectivity index (χ1) is 21.0. The average Bonchev–Trinajstić information content (AvgIpc) is 3.00. The second kappa shape index (κ2) is 24.0. The second-order valence-electron chi connectivity index (χ2n) is 11.3. The van der Waals surface area contributed by atoms with Crippen molar-refractivity contribution in [2.45, 2.75) is 108 Å². The molecule has 248 valence electrons. The maximum absolute atomic E-state index is 12.3. The third-order valence-corrected chi connectivity index (χ3v) is 9.13. The van der Waals surface area contributed by atoms with Crippen LogP contribution in [0.3, 0.4) is 0 Å². The van der Waals surface area contributed by atoms with E-state index in [2.05, 4.69) is 6.92 Å². The molecular formula is C34H58O8S. The molecule has 1 unspecified atom stereocenters. The summed E-state index contributed by atoms with van der Waals surface area (Å²) in [6.45, 7) is 6.14. The fraction of sp³-hybridized carbons (Fsp3) is 0.765. The third kappa shape index (κ3) is 16.0. The minimum atomic E-state index is -4.51. The Hall–Kier alpha value is -1.33. The zero-order valence-corrected chi connectivity index (χ0v) is 27.5. The van der Waals surface area contributed by atoms with Crippen LogP contribution >= 0.6 is 0 Å². The van der Waals surface area contributed by atoms with E-state index >= 15 is 0 Å². The van der Waals surface area contributed by atoms with Crippen molar-refractivity contribution >= 4 is 16.2 Å². The van der Waals surface area contributed by atoms with Gasteiger partial charge >= 0.3 is 0 Å². The lowest BCUT2D eigenvalue weighted by Gasteiger charge is -2.33. The number of hydrogen-bond donors (Lipinski definition) is 1. The normalized spacial score (nSPS) is 16.5. The summed E-state index contributed by atoms with van der Waals surface area (Å²) in [7, 11) is -4.51. The van der Waals surface area contributed by atoms with Crippen LogP contribution in [0.1, 0.15) is 114 Å². The summed E-state index contributed by atoms with van der Waals surface area (Å²) in [6.07, 6.45) is 22.6. The minimum absolute atomic E-state index is 0.0183. The van der Waals surface area contributed by atoms with Gasteiger partial charge < -0.3 is 23.7 Å². The van der Waals surface area contributed by atoms with E-state index in [0.29, 0.717) is 50.8 Å². The molecule has 0 spiro atoms. The Bertz CT molecular complexity index is 951. The highest BCUT2D eigenvalue weighted by atomic mass is 32.2. The number of fused-ring (bicyclic) bond motifs is 1. The quantitative estimate of drug-likeness (QED) is 0.0713. The summed E-state index contributed by atoms with van der Waals surface area (Å²) < 4.78 is 62.5. The lowest BCUT2D eigenvalue weighted by molar-refractivity contribution is -0.0393. The highest BCUT2D eigenvalue weighted by Gasteiger charge is 2.47. The highest BCUT2D eigenvalue weighted by Crippen LogP contribution is 2.40. The molecule has 0 saturated carbocycles. The first kappa shape index (κ1) is 37.9. The van der Waals surface area contributed by atoms with Gasteiger partial charge in [-0.05, 0) is 12.0 Å². The van der Waals surface area contributed by atoms with E-state index in [-0.39, 0.29) is 19.6 Å². The predicted octanol–water partition coefficient (Wildman–Crippen LogP) is 7.71. The zero-order chi connectivity index (χ0) is 30.9. The SMILES string of the molecule is CCCCCCCCCCCCCCCCOCCOCCOCCOCCOC1(S(=O)(=O)O)CC=Cc2ccccc21. The summed E-state index contributed by atoms with van der Waals surface area (Å²) >= 11 is 0. The lowest BCUT2D eigenvalue weighted by Crippen LogP contribution is -2.40. The molecule has 0 amide bonds. The van der Waals surface area contributed by atoms with Crippen molar-refractivity contribution in [1.29, 1.82) is 0 Å². The van der Waals surface area contributed by atoms with Crippen LogP contribution in [0.2, 0.25) is 0 Å². The molecule has 0 radical (unpaired) electrons. The van der Waals surface area contributed by atoms with Gasteiger partial charge in [0.25, 0.3) is 10.1 Å². The van der Waals surface area contributed by atoms with E-state index in [0.717, 1.165) is 13.0 Å². The third-order valence-electron chi connectivity index (χ3n) is 7.79. The molecule has 0 aliphatic heterocycles. The van der Waals surface area contributed by atoms with Crippen LogP contribution in [0, 0.1) is 0 Å². The minimum Gasteiger partial charge on any atom is -0.379 e. The summed E-state index contributed by atoms with van der Waals surface area (Å²) in [5, 5.41) is 0. The lowest BCUT2D eigenvalue weighted by atomic mass is 9.94. The molecule has 1 atom stereocenters. The van der Waals surface area contributed by atoms with Gasteiger partial charge in [0.1, 0.15) is 0 Å². The van der Waals surface area contributed by atoms with Gasteiger partial charge in [0.2, 0.25) is 4.93 Å². The molecule has 0 aromatic heterocycles. The summed E-state index contributed by atoms with van der Waals surface area (Å²) in [5.41, 5.74) is 1.14. The molecular weight excluding hydrogens is 568 g/mol. The Morgan fingerprint density at radius 1 is 0.628 bits per heavy atom. The Morgan fingerprint density at radius 2 is 1.07 bits per heavy atom. The van der Waals surface area contributed by atoms with Crippen molar-refractivity contribution in [2.24, 2.45) is 0 Å². The molecule has 1 aliphatic carbocycles. The van der Waals surface area contributed by atoms with Crippen molar-refractivity contribution in [3.05, 3.63) is 41.5 Å². The smallest absolute Gasteiger partial charge is 0.300 e. The topological polar surface area (TPSA) is 101 Å². The largest absolute Gasteiger partial charge is 0.379 e. The van der Waals surface area contributed by atoms with Crippen LogP contribution < -0.4 is 0 Å². The van der Waals surface area contributed by atoms with Crippen LogP contribution in [-0.2, 0) is 38.7 Å². The number of rotatable bonds is 29. The van der Waals surface area contributed by atoms with Gasteiger partial charge in [-0.15, -0.1) is 0 Å². The van der Waals surface area contributed by atoms with E-state index in [1.165, 1.54) is 83.5 Å². The number of unbranched alkanes of at least 4 members (excludes halogenated alkanes) is 13. The molecule has 1 N–H and O–H groups in total. The average molecular weight is 627 g/mol. The summed E-state index contributed by atoms with van der Waals surface area (Å²) in [6, 6.07) is 7.00. The molecule has 0 heterocycles. The van der Waals surface area contributed by atoms with Crippen LogP contribution in [0.4, 0.5) is 0 Å². The Labute approximate surface area is 261 Å². The molecule has 1 aliphatic rings. The first-order valence-electron chi connectivity index (χ1n) is 16.7. The fourth-order valence-corrected chi connectivity index (χ4v) is 6.32. The Kier molecular flexibility index (Phi) is 21.1. The van der Waals surface area contributed by atoms with E-state index < -0.39 is 15.1 Å². The summed E-state index contributed by atoms with van der Waals surface area (Å²) in [4.78, 5) is -1.81. The van der Waals surface area contributed by atoms with Crippen LogP contribution in [-0.4, -0.2) is 72.4 Å². The van der Waals surface area contributed by atoms with Crippen molar-refractivity contribution < 1.29 is 36.7 Å². The van der Waals surface area contributed by atoms with Gasteiger partial charge in [-0.1, -0.05) is 127 Å². The van der Waals surface area contributed by atoms with Gasteiger partial charge in [-0.3, -0.25) is 4.55 Å². The molecule has 1 aromatic carbocycles.